The molecule has 5 N–H and O–H groups in total. The number of hydrogen-bond donors (Lipinski definition) is 5. The standard InChI is InChI=1S/C53H55Cl2FN6O6/c1-52(2,3)25-43-53(28-58-40-24-33(54)18-19-37(40)53)45(35-13-8-14-38(55)46(35)56)47(60-43)50(66)59-39-20-17-31(23-42(39)68-4)48(64)57-26-32-10-6-5-9-29(32)15-16-30-11-7-12-34-36(30)27-62(51(34)67)41-21-22-44(63)61-49(41)65/h7-8,11-14,17-20,23-24,29,32,41,43,45,47,58,60H,5-6,9-10,21-22,25-28H2,1-4H3,(H,57,64)(H,59,66)(H,61,63,65)/t29-,32-,41?,43-,45-,47+,53-/m0/s1. The van der Waals surface area contributed by atoms with E-state index in [1.807, 2.05) is 24.3 Å². The Kier molecular flexibility index (Phi) is 13.1. The Hall–Kier alpha value is -5.94. The van der Waals surface area contributed by atoms with E-state index in [0.717, 1.165) is 48.1 Å². The van der Waals surface area contributed by atoms with E-state index in [4.69, 9.17) is 27.9 Å². The number of nitrogens with one attached hydrogen (secondary N) is 5. The van der Waals surface area contributed by atoms with E-state index in [9.17, 15) is 24.0 Å². The molecule has 0 aromatic heterocycles. The number of amides is 5. The van der Waals surface area contributed by atoms with E-state index in [0.29, 0.717) is 46.9 Å². The Labute approximate surface area is 405 Å². The highest BCUT2D eigenvalue weighted by Crippen LogP contribution is 2.57. The predicted octanol–water partition coefficient (Wildman–Crippen LogP) is 8.35. The van der Waals surface area contributed by atoms with E-state index >= 15 is 4.39 Å². The van der Waals surface area contributed by atoms with Crippen molar-refractivity contribution in [2.45, 2.75) is 102 Å². The zero-order chi connectivity index (χ0) is 48.1. The molecule has 0 bridgehead atoms. The van der Waals surface area contributed by atoms with Crippen molar-refractivity contribution in [1.29, 1.82) is 0 Å². The molecule has 5 amide bonds. The lowest BCUT2D eigenvalue weighted by Crippen LogP contribution is -2.52. The molecule has 3 fully saturated rings. The summed E-state index contributed by atoms with van der Waals surface area (Å²) in [5, 5.41) is 16.3. The highest BCUT2D eigenvalue weighted by molar-refractivity contribution is 6.31. The van der Waals surface area contributed by atoms with Crippen molar-refractivity contribution in [3.05, 3.63) is 122 Å². The van der Waals surface area contributed by atoms with Crippen molar-refractivity contribution >= 4 is 64.1 Å². The number of ether oxygens (including phenoxy) is 1. The summed E-state index contributed by atoms with van der Waals surface area (Å²) < 4.78 is 22.1. The fourth-order valence-corrected chi connectivity index (χ4v) is 11.6. The first-order valence-corrected chi connectivity index (χ1v) is 24.1. The van der Waals surface area contributed by atoms with Crippen LogP contribution in [0, 0.1) is 34.9 Å². The van der Waals surface area contributed by atoms with Gasteiger partial charge in [0.15, 0.2) is 0 Å². The summed E-state index contributed by atoms with van der Waals surface area (Å²) in [5.74, 6) is 4.18. The number of hydrogen-bond acceptors (Lipinski definition) is 8. The van der Waals surface area contributed by atoms with Gasteiger partial charge in [0.2, 0.25) is 17.7 Å². The van der Waals surface area contributed by atoms with Crippen LogP contribution >= 0.6 is 23.2 Å². The topological polar surface area (TPSA) is 158 Å². The number of anilines is 2. The normalized spacial score (nSPS) is 25.2. The molecule has 68 heavy (non-hydrogen) atoms. The number of imide groups is 1. The highest BCUT2D eigenvalue weighted by Gasteiger charge is 2.61. The molecule has 1 aliphatic carbocycles. The van der Waals surface area contributed by atoms with Crippen molar-refractivity contribution in [1.82, 2.24) is 20.9 Å². The van der Waals surface area contributed by atoms with Crippen molar-refractivity contribution in [2.75, 3.05) is 30.8 Å². The van der Waals surface area contributed by atoms with Crippen LogP contribution in [0.15, 0.2) is 72.8 Å². The van der Waals surface area contributed by atoms with Crippen LogP contribution in [0.1, 0.15) is 115 Å². The predicted molar refractivity (Wildman–Crippen MR) is 259 cm³/mol. The van der Waals surface area contributed by atoms with Crippen LogP contribution in [0.2, 0.25) is 10.0 Å². The smallest absolute Gasteiger partial charge is 0.255 e. The maximum absolute atomic E-state index is 16.3. The number of rotatable bonds is 9. The van der Waals surface area contributed by atoms with Gasteiger partial charge in [-0.2, -0.15) is 0 Å². The summed E-state index contributed by atoms with van der Waals surface area (Å²) in [6.45, 7) is 7.49. The van der Waals surface area contributed by atoms with Gasteiger partial charge in [0, 0.05) is 76.7 Å². The van der Waals surface area contributed by atoms with Gasteiger partial charge < -0.3 is 30.9 Å². The molecule has 5 aliphatic rings. The van der Waals surface area contributed by atoms with Crippen molar-refractivity contribution in [3.8, 4) is 17.6 Å². The van der Waals surface area contributed by atoms with Gasteiger partial charge in [0.25, 0.3) is 11.8 Å². The average Bonchev–Trinajstić information content (AvgIpc) is 3.96. The van der Waals surface area contributed by atoms with Crippen LogP contribution in [-0.4, -0.2) is 72.8 Å². The molecular formula is C53H55Cl2FN6O6. The van der Waals surface area contributed by atoms with Gasteiger partial charge in [-0.1, -0.05) is 92.9 Å². The number of benzene rings is 4. The van der Waals surface area contributed by atoms with E-state index in [-0.39, 0.29) is 71.2 Å². The molecule has 2 saturated heterocycles. The third-order valence-electron chi connectivity index (χ3n) is 14.5. The minimum Gasteiger partial charge on any atom is -0.495 e. The summed E-state index contributed by atoms with van der Waals surface area (Å²) in [7, 11) is 1.47. The number of fused-ring (bicyclic) bond motifs is 3. The Bertz CT molecular complexity index is 2780. The van der Waals surface area contributed by atoms with Crippen molar-refractivity contribution in [3.63, 3.8) is 0 Å². The summed E-state index contributed by atoms with van der Waals surface area (Å²) in [6.07, 6.45) is 4.89. The van der Waals surface area contributed by atoms with E-state index in [1.165, 1.54) is 18.1 Å². The molecule has 1 spiro atoms. The molecule has 0 radical (unpaired) electrons. The van der Waals surface area contributed by atoms with Gasteiger partial charge in [-0.25, -0.2) is 4.39 Å². The van der Waals surface area contributed by atoms with Gasteiger partial charge in [-0.3, -0.25) is 29.3 Å². The Morgan fingerprint density at radius 1 is 0.985 bits per heavy atom. The molecule has 1 saturated carbocycles. The Morgan fingerprint density at radius 2 is 1.78 bits per heavy atom. The van der Waals surface area contributed by atoms with E-state index in [1.54, 1.807) is 42.5 Å². The number of piperidine rings is 1. The van der Waals surface area contributed by atoms with Crippen molar-refractivity contribution < 1.29 is 33.1 Å². The fourth-order valence-electron chi connectivity index (χ4n) is 11.3. The second kappa shape index (κ2) is 18.9. The minimum absolute atomic E-state index is 0.00258. The highest BCUT2D eigenvalue weighted by atomic mass is 35.5. The summed E-state index contributed by atoms with van der Waals surface area (Å²) >= 11 is 12.9. The van der Waals surface area contributed by atoms with Gasteiger partial charge in [-0.15, -0.1) is 0 Å². The fraction of sp³-hybridized carbons (Fsp3) is 0.415. The molecule has 4 aliphatic heterocycles. The largest absolute Gasteiger partial charge is 0.495 e. The van der Waals surface area contributed by atoms with E-state index < -0.39 is 41.0 Å². The number of nitrogens with zero attached hydrogens (tertiary/aromatic N) is 1. The first kappa shape index (κ1) is 47.1. The maximum atomic E-state index is 16.3. The monoisotopic (exact) mass is 960 g/mol. The van der Waals surface area contributed by atoms with Crippen LogP contribution in [0.25, 0.3) is 0 Å². The molecule has 7 atom stereocenters. The van der Waals surface area contributed by atoms with Gasteiger partial charge >= 0.3 is 0 Å². The molecule has 4 aromatic carbocycles. The lowest BCUT2D eigenvalue weighted by Gasteiger charge is -2.39. The van der Waals surface area contributed by atoms with Crippen LogP contribution in [0.5, 0.6) is 5.75 Å². The zero-order valence-electron chi connectivity index (χ0n) is 38.5. The molecular weight excluding hydrogens is 907 g/mol. The van der Waals surface area contributed by atoms with Crippen LogP contribution in [0.4, 0.5) is 15.8 Å². The van der Waals surface area contributed by atoms with Gasteiger partial charge in [0.05, 0.1) is 23.9 Å². The van der Waals surface area contributed by atoms with Gasteiger partial charge in [-0.05, 0) is 102 Å². The zero-order valence-corrected chi connectivity index (χ0v) is 40.0. The second-order valence-corrected chi connectivity index (χ2v) is 20.8. The van der Waals surface area contributed by atoms with Crippen molar-refractivity contribution in [2.24, 2.45) is 17.3 Å². The SMILES string of the molecule is COc1cc(C(=O)NC[C@@H]2CCCC[C@H]2C#Cc2cccc3c2CN(C2CCC(=O)NC2=O)C3=O)ccc1NC(=O)[C@@H]1N[C@@H](CC(C)(C)C)[C@@]2(CNc3cc(Cl)ccc32)[C@H]1c1cccc(Cl)c1F. The third-order valence-corrected chi connectivity index (χ3v) is 15.0. The summed E-state index contributed by atoms with van der Waals surface area (Å²) in [6, 6.07) is 19.0. The van der Waals surface area contributed by atoms with Crippen LogP contribution in [-0.2, 0) is 26.3 Å². The molecule has 9 rings (SSSR count). The third kappa shape index (κ3) is 8.94. The quantitative estimate of drug-likeness (QED) is 0.0828. The first-order valence-electron chi connectivity index (χ1n) is 23.4. The minimum atomic E-state index is -0.907. The number of carbonyl (C=O) groups excluding carboxylic acids is 5. The number of halogens is 3. The number of carbonyl (C=O) groups is 5. The molecule has 4 heterocycles. The van der Waals surface area contributed by atoms with E-state index in [2.05, 4.69) is 59.2 Å². The van der Waals surface area contributed by atoms with Gasteiger partial charge in [0.1, 0.15) is 17.6 Å². The summed E-state index contributed by atoms with van der Waals surface area (Å²) in [4.78, 5) is 67.9. The lowest BCUT2D eigenvalue weighted by molar-refractivity contribution is -0.137. The molecule has 4 aromatic rings. The number of methoxy groups -OCH3 is 1. The lowest BCUT2D eigenvalue weighted by atomic mass is 9.63. The molecule has 1 unspecified atom stereocenters. The average molecular weight is 962 g/mol. The molecule has 15 heteroatoms. The summed E-state index contributed by atoms with van der Waals surface area (Å²) in [5.41, 5.74) is 3.89. The first-order chi connectivity index (χ1) is 32.6. The second-order valence-electron chi connectivity index (χ2n) is 19.9. The molecule has 354 valence electrons. The Morgan fingerprint density at radius 3 is 2.56 bits per heavy atom. The molecule has 12 nitrogen and oxygen atoms in total. The maximum Gasteiger partial charge on any atom is 0.255 e. The van der Waals surface area contributed by atoms with Crippen LogP contribution < -0.4 is 31.3 Å². The Balaban J connectivity index is 0.912. The van der Waals surface area contributed by atoms with Crippen LogP contribution in [0.3, 0.4) is 0 Å².